The third-order valence-corrected chi connectivity index (χ3v) is 3.32. The van der Waals surface area contributed by atoms with Crippen molar-refractivity contribution >= 4 is 17.7 Å². The fraction of sp³-hybridized carbons (Fsp3) is 0.167. The van der Waals surface area contributed by atoms with Gasteiger partial charge in [0.25, 0.3) is 0 Å². The van der Waals surface area contributed by atoms with E-state index in [2.05, 4.69) is 31.0 Å². The number of para-hydroxylation sites is 1. The van der Waals surface area contributed by atoms with Crippen molar-refractivity contribution in [1.82, 2.24) is 0 Å². The van der Waals surface area contributed by atoms with Gasteiger partial charge in [-0.1, -0.05) is 36.4 Å². The number of benzene rings is 2. The average molecular weight is 281 g/mol. The molecule has 0 aliphatic rings. The lowest BCUT2D eigenvalue weighted by molar-refractivity contribution is -0.131. The summed E-state index contributed by atoms with van der Waals surface area (Å²) in [4.78, 5) is 12.8. The first kappa shape index (κ1) is 14.9. The van der Waals surface area contributed by atoms with Gasteiger partial charge in [0.15, 0.2) is 0 Å². The quantitative estimate of drug-likeness (QED) is 0.849. The van der Waals surface area contributed by atoms with E-state index < -0.39 is 5.97 Å². The van der Waals surface area contributed by atoms with E-state index in [4.69, 9.17) is 5.11 Å². The van der Waals surface area contributed by atoms with Crippen molar-refractivity contribution in [3.8, 4) is 0 Å². The zero-order chi connectivity index (χ0) is 15.2. The second kappa shape index (κ2) is 6.75. The molecule has 0 unspecified atom stereocenters. The molecular weight excluding hydrogens is 262 g/mol. The Balaban J connectivity index is 2.14. The van der Waals surface area contributed by atoms with Gasteiger partial charge in [0.2, 0.25) is 0 Å². The summed E-state index contributed by atoms with van der Waals surface area (Å²) in [5.74, 6) is -0.933. The van der Waals surface area contributed by atoms with E-state index in [0.29, 0.717) is 0 Å². The van der Waals surface area contributed by atoms with Crippen LogP contribution in [0.2, 0.25) is 0 Å². The zero-order valence-corrected chi connectivity index (χ0v) is 12.3. The molecule has 0 aliphatic carbocycles. The number of carboxylic acids is 1. The smallest absolute Gasteiger partial charge is 0.328 e. The Morgan fingerprint density at radius 1 is 1.19 bits per heavy atom. The number of anilines is 1. The van der Waals surface area contributed by atoms with Crippen LogP contribution in [0.15, 0.2) is 54.6 Å². The van der Waals surface area contributed by atoms with Crippen LogP contribution in [0.3, 0.4) is 0 Å². The number of rotatable bonds is 5. The maximum Gasteiger partial charge on any atom is 0.328 e. The molecule has 0 saturated heterocycles. The average Bonchev–Trinajstić information content (AvgIpc) is 2.46. The Kier molecular flexibility index (Phi) is 4.77. The van der Waals surface area contributed by atoms with Crippen molar-refractivity contribution in [2.24, 2.45) is 0 Å². The van der Waals surface area contributed by atoms with Gasteiger partial charge in [-0.15, -0.1) is 0 Å². The van der Waals surface area contributed by atoms with Gasteiger partial charge < -0.3 is 10.0 Å². The first-order valence-electron chi connectivity index (χ1n) is 6.83. The molecule has 1 N–H and O–H groups in total. The molecule has 3 heteroatoms. The molecule has 3 nitrogen and oxygen atoms in total. The first-order chi connectivity index (χ1) is 10.1. The molecular formula is C18H19NO2. The minimum atomic E-state index is -0.933. The maximum absolute atomic E-state index is 10.6. The van der Waals surface area contributed by atoms with Crippen molar-refractivity contribution in [1.29, 1.82) is 0 Å². The molecule has 2 aromatic rings. The van der Waals surface area contributed by atoms with E-state index in [1.807, 2.05) is 36.4 Å². The van der Waals surface area contributed by atoms with Crippen molar-refractivity contribution in [3.05, 3.63) is 71.3 Å². The monoisotopic (exact) mass is 281 g/mol. The van der Waals surface area contributed by atoms with Crippen LogP contribution < -0.4 is 4.90 Å². The van der Waals surface area contributed by atoms with Crippen LogP contribution in [-0.4, -0.2) is 18.1 Å². The van der Waals surface area contributed by atoms with Crippen molar-refractivity contribution < 1.29 is 9.90 Å². The number of carboxylic acid groups (broad SMARTS) is 1. The number of hydrogen-bond donors (Lipinski definition) is 1. The Bertz CT molecular complexity index is 662. The third-order valence-electron chi connectivity index (χ3n) is 3.32. The van der Waals surface area contributed by atoms with E-state index in [9.17, 15) is 4.79 Å². The summed E-state index contributed by atoms with van der Waals surface area (Å²) in [5, 5.41) is 8.67. The molecule has 0 aliphatic heterocycles. The number of hydrogen-bond acceptors (Lipinski definition) is 2. The van der Waals surface area contributed by atoms with Gasteiger partial charge in [0.05, 0.1) is 0 Å². The molecule has 0 radical (unpaired) electrons. The molecule has 0 bridgehead atoms. The van der Waals surface area contributed by atoms with Crippen LogP contribution in [-0.2, 0) is 11.3 Å². The van der Waals surface area contributed by atoms with Crippen LogP contribution in [0.1, 0.15) is 16.7 Å². The largest absolute Gasteiger partial charge is 0.478 e. The van der Waals surface area contributed by atoms with Crippen LogP contribution >= 0.6 is 0 Å². The summed E-state index contributed by atoms with van der Waals surface area (Å²) in [7, 11) is 2.06. The van der Waals surface area contributed by atoms with Crippen LogP contribution in [0.25, 0.3) is 6.08 Å². The molecule has 2 aromatic carbocycles. The van der Waals surface area contributed by atoms with Crippen molar-refractivity contribution in [3.63, 3.8) is 0 Å². The van der Waals surface area contributed by atoms with Gasteiger partial charge >= 0.3 is 5.97 Å². The number of aryl methyl sites for hydroxylation is 1. The molecule has 0 spiro atoms. The number of nitrogens with zero attached hydrogens (tertiary/aromatic N) is 1. The van der Waals surface area contributed by atoms with E-state index in [0.717, 1.165) is 23.7 Å². The molecule has 0 atom stereocenters. The van der Waals surface area contributed by atoms with E-state index in [-0.39, 0.29) is 0 Å². The van der Waals surface area contributed by atoms with Gasteiger partial charge in [-0.3, -0.25) is 0 Å². The Morgan fingerprint density at radius 3 is 2.67 bits per heavy atom. The Hall–Kier alpha value is -2.55. The van der Waals surface area contributed by atoms with Crippen LogP contribution in [0.5, 0.6) is 0 Å². The molecule has 0 heterocycles. The first-order valence-corrected chi connectivity index (χ1v) is 6.83. The SMILES string of the molecule is Cc1ccccc1N(C)Cc1cccc(C=CC(=O)O)c1. The van der Waals surface area contributed by atoms with Gasteiger partial charge in [-0.25, -0.2) is 4.79 Å². The highest BCUT2D eigenvalue weighted by Crippen LogP contribution is 2.20. The lowest BCUT2D eigenvalue weighted by atomic mass is 10.1. The highest BCUT2D eigenvalue weighted by molar-refractivity contribution is 5.85. The maximum atomic E-state index is 10.6. The molecule has 0 aromatic heterocycles. The highest BCUT2D eigenvalue weighted by atomic mass is 16.4. The second-order valence-corrected chi connectivity index (χ2v) is 5.06. The summed E-state index contributed by atoms with van der Waals surface area (Å²) >= 11 is 0. The fourth-order valence-electron chi connectivity index (χ4n) is 2.31. The summed E-state index contributed by atoms with van der Waals surface area (Å²) < 4.78 is 0. The van der Waals surface area contributed by atoms with Gasteiger partial charge in [0.1, 0.15) is 0 Å². The zero-order valence-electron chi connectivity index (χ0n) is 12.3. The van der Waals surface area contributed by atoms with Crippen molar-refractivity contribution in [2.75, 3.05) is 11.9 Å². The topological polar surface area (TPSA) is 40.5 Å². The molecule has 108 valence electrons. The Morgan fingerprint density at radius 2 is 1.95 bits per heavy atom. The minimum Gasteiger partial charge on any atom is -0.478 e. The van der Waals surface area contributed by atoms with Crippen LogP contribution in [0.4, 0.5) is 5.69 Å². The third kappa shape index (κ3) is 4.21. The Labute approximate surface area is 125 Å². The summed E-state index contributed by atoms with van der Waals surface area (Å²) in [6, 6.07) is 16.2. The van der Waals surface area contributed by atoms with Gasteiger partial charge in [-0.05, 0) is 41.8 Å². The summed E-state index contributed by atoms with van der Waals surface area (Å²) in [6.45, 7) is 2.87. The van der Waals surface area contributed by atoms with E-state index in [1.54, 1.807) is 6.08 Å². The van der Waals surface area contributed by atoms with Crippen LogP contribution in [0, 0.1) is 6.92 Å². The highest BCUT2D eigenvalue weighted by Gasteiger charge is 2.04. The van der Waals surface area contributed by atoms with E-state index in [1.165, 1.54) is 11.3 Å². The molecule has 2 rings (SSSR count). The predicted molar refractivity (Wildman–Crippen MR) is 86.4 cm³/mol. The predicted octanol–water partition coefficient (Wildman–Crippen LogP) is 3.73. The van der Waals surface area contributed by atoms with E-state index >= 15 is 0 Å². The van der Waals surface area contributed by atoms with Crippen molar-refractivity contribution in [2.45, 2.75) is 13.5 Å². The normalized spacial score (nSPS) is 10.8. The minimum absolute atomic E-state index is 0.777. The molecule has 0 fully saturated rings. The summed E-state index contributed by atoms with van der Waals surface area (Å²) in [6.07, 6.45) is 2.77. The molecule has 0 saturated carbocycles. The number of aliphatic carboxylic acids is 1. The standard InChI is InChI=1S/C18H19NO2/c1-14-6-3-4-9-17(14)19(2)13-16-8-5-7-15(12-16)10-11-18(20)21/h3-12H,13H2,1-2H3,(H,20,21). The van der Waals surface area contributed by atoms with Gasteiger partial charge in [0, 0.05) is 25.4 Å². The summed E-state index contributed by atoms with van der Waals surface area (Å²) in [5.41, 5.74) is 4.48. The second-order valence-electron chi connectivity index (χ2n) is 5.06. The van der Waals surface area contributed by atoms with Gasteiger partial charge in [-0.2, -0.15) is 0 Å². The lowest BCUT2D eigenvalue weighted by Gasteiger charge is -2.21. The lowest BCUT2D eigenvalue weighted by Crippen LogP contribution is -2.17. The molecule has 21 heavy (non-hydrogen) atoms. The molecule has 0 amide bonds. The number of carbonyl (C=O) groups is 1. The fourth-order valence-corrected chi connectivity index (χ4v) is 2.31.